The zero-order valence-corrected chi connectivity index (χ0v) is 19.1. The van der Waals surface area contributed by atoms with Gasteiger partial charge in [-0.05, 0) is 72.8 Å². The standard InChI is InChI=1S/C28H18F2N2O2S/c29-21-10-6-19(7-11-21)26(33)32-28-25(18-4-2-1-3-5-18)31-27(35-28)20-8-14-23(15-9-20)34-24-16-12-22(30)13-17-24/h1-17H,(H,32,33). The molecule has 0 aliphatic rings. The smallest absolute Gasteiger partial charge is 0.256 e. The molecule has 0 saturated heterocycles. The zero-order chi connectivity index (χ0) is 24.2. The summed E-state index contributed by atoms with van der Waals surface area (Å²) in [6, 6.07) is 28.1. The summed E-state index contributed by atoms with van der Waals surface area (Å²) < 4.78 is 32.1. The summed E-state index contributed by atoms with van der Waals surface area (Å²) >= 11 is 1.35. The molecule has 0 fully saturated rings. The average molecular weight is 485 g/mol. The van der Waals surface area contributed by atoms with E-state index in [9.17, 15) is 13.6 Å². The lowest BCUT2D eigenvalue weighted by atomic mass is 10.1. The van der Waals surface area contributed by atoms with Crippen molar-refractivity contribution in [3.05, 3.63) is 120 Å². The number of nitrogens with zero attached hydrogens (tertiary/aromatic N) is 1. The van der Waals surface area contributed by atoms with Gasteiger partial charge in [0.25, 0.3) is 5.91 Å². The molecule has 172 valence electrons. The number of aromatic nitrogens is 1. The third-order valence-corrected chi connectivity index (χ3v) is 6.18. The van der Waals surface area contributed by atoms with Gasteiger partial charge < -0.3 is 10.1 Å². The van der Waals surface area contributed by atoms with E-state index in [-0.39, 0.29) is 11.7 Å². The number of nitrogens with one attached hydrogen (secondary N) is 1. The first-order valence-corrected chi connectivity index (χ1v) is 11.5. The fourth-order valence-corrected chi connectivity index (χ4v) is 4.39. The Kier molecular flexibility index (Phi) is 6.32. The molecule has 0 aliphatic carbocycles. The maximum atomic E-state index is 13.3. The minimum atomic E-state index is -0.404. The molecule has 1 amide bonds. The van der Waals surface area contributed by atoms with E-state index in [0.717, 1.165) is 11.1 Å². The lowest BCUT2D eigenvalue weighted by Crippen LogP contribution is -2.11. The van der Waals surface area contributed by atoms with Gasteiger partial charge in [0.15, 0.2) is 0 Å². The van der Waals surface area contributed by atoms with Crippen LogP contribution in [-0.4, -0.2) is 10.9 Å². The van der Waals surface area contributed by atoms with Crippen molar-refractivity contribution in [1.82, 2.24) is 4.98 Å². The monoisotopic (exact) mass is 484 g/mol. The van der Waals surface area contributed by atoms with Crippen molar-refractivity contribution in [3.8, 4) is 33.3 Å². The summed E-state index contributed by atoms with van der Waals surface area (Å²) in [5.41, 5.74) is 2.71. The first kappa shape index (κ1) is 22.4. The quantitative estimate of drug-likeness (QED) is 0.268. The minimum absolute atomic E-state index is 0.326. The van der Waals surface area contributed by atoms with Crippen molar-refractivity contribution in [2.45, 2.75) is 0 Å². The number of hydrogen-bond acceptors (Lipinski definition) is 4. The third kappa shape index (κ3) is 5.26. The van der Waals surface area contributed by atoms with Crippen LogP contribution in [0.3, 0.4) is 0 Å². The van der Waals surface area contributed by atoms with Crippen LogP contribution >= 0.6 is 11.3 Å². The molecule has 0 spiro atoms. The van der Waals surface area contributed by atoms with E-state index in [1.54, 1.807) is 24.3 Å². The molecule has 0 unspecified atom stereocenters. The summed E-state index contributed by atoms with van der Waals surface area (Å²) in [4.78, 5) is 17.6. The van der Waals surface area contributed by atoms with Gasteiger partial charge in [-0.25, -0.2) is 13.8 Å². The topological polar surface area (TPSA) is 51.2 Å². The highest BCUT2D eigenvalue weighted by Gasteiger charge is 2.17. The summed E-state index contributed by atoms with van der Waals surface area (Å²) in [5.74, 6) is 0.0579. The number of carbonyl (C=O) groups is 1. The summed E-state index contributed by atoms with van der Waals surface area (Å²) in [7, 11) is 0. The molecule has 0 radical (unpaired) electrons. The second-order valence-corrected chi connectivity index (χ2v) is 8.60. The number of ether oxygens (including phenoxy) is 1. The Bertz CT molecular complexity index is 1450. The Hall–Kier alpha value is -4.36. The van der Waals surface area contributed by atoms with Crippen molar-refractivity contribution < 1.29 is 18.3 Å². The predicted molar refractivity (Wildman–Crippen MR) is 134 cm³/mol. The van der Waals surface area contributed by atoms with Crippen molar-refractivity contribution in [3.63, 3.8) is 0 Å². The second-order valence-electron chi connectivity index (χ2n) is 7.60. The van der Waals surface area contributed by atoms with Gasteiger partial charge in [-0.1, -0.05) is 41.7 Å². The molecule has 5 aromatic rings. The molecule has 4 aromatic carbocycles. The normalized spacial score (nSPS) is 10.7. The van der Waals surface area contributed by atoms with E-state index >= 15 is 0 Å². The highest BCUT2D eigenvalue weighted by molar-refractivity contribution is 7.19. The van der Waals surface area contributed by atoms with Crippen molar-refractivity contribution in [2.24, 2.45) is 0 Å². The highest BCUT2D eigenvalue weighted by Crippen LogP contribution is 2.38. The van der Waals surface area contributed by atoms with Gasteiger partial charge in [0.1, 0.15) is 38.8 Å². The molecule has 4 nitrogen and oxygen atoms in total. The lowest BCUT2D eigenvalue weighted by molar-refractivity contribution is 0.102. The first-order valence-electron chi connectivity index (χ1n) is 10.7. The van der Waals surface area contributed by atoms with Gasteiger partial charge in [0, 0.05) is 16.7 Å². The maximum Gasteiger partial charge on any atom is 0.256 e. The number of halogens is 2. The summed E-state index contributed by atoms with van der Waals surface area (Å²) in [6.45, 7) is 0. The summed E-state index contributed by atoms with van der Waals surface area (Å²) in [5, 5.41) is 4.23. The van der Waals surface area contributed by atoms with Crippen molar-refractivity contribution in [1.29, 1.82) is 0 Å². The van der Waals surface area contributed by atoms with Gasteiger partial charge in [0.2, 0.25) is 0 Å². The number of amides is 1. The van der Waals surface area contributed by atoms with E-state index in [1.807, 2.05) is 42.5 Å². The number of rotatable bonds is 6. The van der Waals surface area contributed by atoms with Gasteiger partial charge in [0.05, 0.1) is 0 Å². The second kappa shape index (κ2) is 9.87. The van der Waals surface area contributed by atoms with Gasteiger partial charge >= 0.3 is 0 Å². The summed E-state index contributed by atoms with van der Waals surface area (Å²) in [6.07, 6.45) is 0. The van der Waals surface area contributed by atoms with E-state index in [4.69, 9.17) is 9.72 Å². The zero-order valence-electron chi connectivity index (χ0n) is 18.2. The minimum Gasteiger partial charge on any atom is -0.457 e. The van der Waals surface area contributed by atoms with Crippen LogP contribution in [0.4, 0.5) is 13.8 Å². The maximum absolute atomic E-state index is 13.3. The Morgan fingerprint density at radius 1 is 0.714 bits per heavy atom. The Morgan fingerprint density at radius 3 is 1.91 bits per heavy atom. The highest BCUT2D eigenvalue weighted by atomic mass is 32.1. The molecule has 0 saturated carbocycles. The molecule has 1 N–H and O–H groups in total. The fraction of sp³-hybridized carbons (Fsp3) is 0. The molecule has 1 heterocycles. The van der Waals surface area contributed by atoms with Crippen molar-refractivity contribution in [2.75, 3.05) is 5.32 Å². The molecule has 0 bridgehead atoms. The number of hydrogen-bond donors (Lipinski definition) is 1. The van der Waals surface area contributed by atoms with Crippen LogP contribution in [0, 0.1) is 11.6 Å². The molecule has 7 heteroatoms. The van der Waals surface area contributed by atoms with Gasteiger partial charge in [-0.3, -0.25) is 4.79 Å². The molecule has 35 heavy (non-hydrogen) atoms. The molecule has 0 aliphatic heterocycles. The molecular weight excluding hydrogens is 466 g/mol. The first-order chi connectivity index (χ1) is 17.0. The Morgan fingerprint density at radius 2 is 1.29 bits per heavy atom. The van der Waals surface area contributed by atoms with Crippen LogP contribution in [0.1, 0.15) is 10.4 Å². The number of thiazole rings is 1. The van der Waals surface area contributed by atoms with Crippen LogP contribution < -0.4 is 10.1 Å². The SMILES string of the molecule is O=C(Nc1sc(-c2ccc(Oc3ccc(F)cc3)cc2)nc1-c1ccccc1)c1ccc(F)cc1. The third-order valence-electron chi connectivity index (χ3n) is 5.16. The van der Waals surface area contributed by atoms with Crippen LogP contribution in [-0.2, 0) is 0 Å². The molecule has 1 aromatic heterocycles. The molecule has 0 atom stereocenters. The lowest BCUT2D eigenvalue weighted by Gasteiger charge is -2.06. The molecule has 5 rings (SSSR count). The largest absolute Gasteiger partial charge is 0.457 e. The van der Waals surface area contributed by atoms with Gasteiger partial charge in [-0.2, -0.15) is 0 Å². The van der Waals surface area contributed by atoms with E-state index < -0.39 is 5.82 Å². The van der Waals surface area contributed by atoms with E-state index in [0.29, 0.717) is 32.8 Å². The number of anilines is 1. The van der Waals surface area contributed by atoms with Crippen LogP contribution in [0.2, 0.25) is 0 Å². The van der Waals surface area contributed by atoms with Gasteiger partial charge in [-0.15, -0.1) is 0 Å². The van der Waals surface area contributed by atoms with E-state index in [2.05, 4.69) is 5.32 Å². The predicted octanol–water partition coefficient (Wildman–Crippen LogP) is 7.80. The average Bonchev–Trinajstić information content (AvgIpc) is 3.30. The number of carbonyl (C=O) groups excluding carboxylic acids is 1. The van der Waals surface area contributed by atoms with Crippen LogP contribution in [0.15, 0.2) is 103 Å². The van der Waals surface area contributed by atoms with Crippen molar-refractivity contribution >= 4 is 22.2 Å². The van der Waals surface area contributed by atoms with E-state index in [1.165, 1.54) is 47.7 Å². The Balaban J connectivity index is 1.43. The van der Waals surface area contributed by atoms with Crippen LogP contribution in [0.5, 0.6) is 11.5 Å². The molecular formula is C28H18F2N2O2S. The van der Waals surface area contributed by atoms with Crippen LogP contribution in [0.25, 0.3) is 21.8 Å². The number of benzene rings is 4. The Labute approximate surface area is 204 Å². The fourth-order valence-electron chi connectivity index (χ4n) is 3.40.